The summed E-state index contributed by atoms with van der Waals surface area (Å²) in [5.74, 6) is -0.636. The van der Waals surface area contributed by atoms with Gasteiger partial charge < -0.3 is 14.6 Å². The molecule has 0 aromatic rings. The maximum Gasteiger partial charge on any atom is 0.306 e. The molecule has 326 valence electrons. The molecule has 0 amide bonds. The van der Waals surface area contributed by atoms with Crippen LogP contribution in [0.1, 0.15) is 181 Å². The molecule has 0 aromatic carbocycles. The Morgan fingerprint density at radius 1 is 0.414 bits per heavy atom. The number of hydrogen-bond donors (Lipinski definition) is 1. The van der Waals surface area contributed by atoms with E-state index in [2.05, 4.69) is 135 Å². The standard InChI is InChI=1S/C53H84O5/c1-3-5-7-9-11-13-15-16-17-18-19-20-21-22-23-24-25-26-27-28-29-30-31-32-33-34-35-36-38-40-42-44-46-48-53(56)58-51(49-54)50-57-52(55)47-45-43-41-39-37-14-12-10-8-6-4-2/h5,7,10-13,16-17,19-20,22-23,25-26,28-29,31-32,34-35,51,54H,3-4,6,8-9,14-15,18,21,24,27,30,33,36-50H2,1-2H3/b7-5-,12-10-,13-11-,17-16-,20-19-,23-22-,26-25-,29-28-,32-31-,35-34-. The van der Waals surface area contributed by atoms with Crippen LogP contribution < -0.4 is 0 Å². The molecule has 0 saturated carbocycles. The van der Waals surface area contributed by atoms with Crippen LogP contribution in [0.15, 0.2) is 122 Å². The fourth-order valence-corrected chi connectivity index (χ4v) is 5.76. The van der Waals surface area contributed by atoms with Crippen LogP contribution in [0.5, 0.6) is 0 Å². The molecule has 0 heterocycles. The maximum absolute atomic E-state index is 12.2. The summed E-state index contributed by atoms with van der Waals surface area (Å²) in [5, 5.41) is 9.57. The lowest BCUT2D eigenvalue weighted by Gasteiger charge is -2.15. The van der Waals surface area contributed by atoms with Gasteiger partial charge in [0.25, 0.3) is 0 Å². The van der Waals surface area contributed by atoms with Crippen molar-refractivity contribution in [1.82, 2.24) is 0 Å². The number of aliphatic hydroxyl groups excluding tert-OH is 1. The minimum Gasteiger partial charge on any atom is -0.462 e. The van der Waals surface area contributed by atoms with Gasteiger partial charge in [-0.1, -0.05) is 187 Å². The van der Waals surface area contributed by atoms with Crippen molar-refractivity contribution in [2.45, 2.75) is 187 Å². The Bertz CT molecular complexity index is 1220. The number of allylic oxidation sites excluding steroid dienone is 20. The summed E-state index contributed by atoms with van der Waals surface area (Å²) in [7, 11) is 0. The van der Waals surface area contributed by atoms with Crippen LogP contribution >= 0.6 is 0 Å². The molecule has 0 spiro atoms. The lowest BCUT2D eigenvalue weighted by Crippen LogP contribution is -2.28. The Kier molecular flexibility index (Phi) is 44.6. The van der Waals surface area contributed by atoms with Crippen LogP contribution in [0, 0.1) is 0 Å². The number of carbonyl (C=O) groups excluding carboxylic acids is 2. The first-order valence-electron chi connectivity index (χ1n) is 23.1. The molecule has 0 aliphatic heterocycles. The Labute approximate surface area is 356 Å². The highest BCUT2D eigenvalue weighted by atomic mass is 16.6. The highest BCUT2D eigenvalue weighted by Gasteiger charge is 2.16. The summed E-state index contributed by atoms with van der Waals surface area (Å²) >= 11 is 0. The van der Waals surface area contributed by atoms with Crippen molar-refractivity contribution in [1.29, 1.82) is 0 Å². The van der Waals surface area contributed by atoms with E-state index in [1.807, 2.05) is 0 Å². The zero-order chi connectivity index (χ0) is 42.1. The van der Waals surface area contributed by atoms with Gasteiger partial charge in [0.2, 0.25) is 0 Å². The average molecular weight is 801 g/mol. The van der Waals surface area contributed by atoms with Gasteiger partial charge in [0.1, 0.15) is 6.61 Å². The second kappa shape index (κ2) is 47.7. The van der Waals surface area contributed by atoms with Crippen molar-refractivity contribution in [3.8, 4) is 0 Å². The smallest absolute Gasteiger partial charge is 0.306 e. The molecule has 0 saturated heterocycles. The SMILES string of the molecule is CC/C=C\C/C=C\C/C=C\C/C=C\C/C=C\C/C=C\C/C=C\C/C=C\C/C=C\CCCCCCCC(=O)OC(CO)COC(=O)CCCCCCC/C=C\CCCC. The normalized spacial score (nSPS) is 13.4. The van der Waals surface area contributed by atoms with Gasteiger partial charge in [-0.3, -0.25) is 9.59 Å². The quantitative estimate of drug-likeness (QED) is 0.0380. The first-order valence-corrected chi connectivity index (χ1v) is 23.1. The number of unbranched alkanes of at least 4 members (excludes halogenated alkanes) is 12. The molecule has 0 aliphatic carbocycles. The molecule has 0 rings (SSSR count). The third-order valence-electron chi connectivity index (χ3n) is 9.24. The highest BCUT2D eigenvalue weighted by Crippen LogP contribution is 2.11. The molecular weight excluding hydrogens is 717 g/mol. The number of carbonyl (C=O) groups is 2. The van der Waals surface area contributed by atoms with Crippen LogP contribution in [-0.2, 0) is 19.1 Å². The van der Waals surface area contributed by atoms with Crippen molar-refractivity contribution >= 4 is 11.9 Å². The lowest BCUT2D eigenvalue weighted by molar-refractivity contribution is -0.161. The van der Waals surface area contributed by atoms with E-state index in [9.17, 15) is 14.7 Å². The molecular formula is C53H84O5. The third kappa shape index (κ3) is 45.0. The summed E-state index contributed by atoms with van der Waals surface area (Å²) in [5.41, 5.74) is 0. The van der Waals surface area contributed by atoms with Crippen LogP contribution in [0.2, 0.25) is 0 Å². The summed E-state index contributed by atoms with van der Waals surface area (Å²) < 4.78 is 10.6. The summed E-state index contributed by atoms with van der Waals surface area (Å²) in [6.07, 6.45) is 69.9. The van der Waals surface area contributed by atoms with E-state index < -0.39 is 6.10 Å². The molecule has 1 atom stereocenters. The van der Waals surface area contributed by atoms with Crippen LogP contribution in [0.25, 0.3) is 0 Å². The third-order valence-corrected chi connectivity index (χ3v) is 9.24. The fraction of sp³-hybridized carbons (Fsp3) is 0.585. The Hall–Kier alpha value is -3.70. The van der Waals surface area contributed by atoms with Gasteiger partial charge in [-0.05, 0) is 103 Å². The molecule has 5 nitrogen and oxygen atoms in total. The minimum atomic E-state index is -0.793. The van der Waals surface area contributed by atoms with Crippen molar-refractivity contribution in [3.63, 3.8) is 0 Å². The first kappa shape index (κ1) is 54.3. The van der Waals surface area contributed by atoms with E-state index in [4.69, 9.17) is 9.47 Å². The predicted octanol–water partition coefficient (Wildman–Crippen LogP) is 15.2. The Morgan fingerprint density at radius 2 is 0.741 bits per heavy atom. The van der Waals surface area contributed by atoms with Crippen LogP contribution in [-0.4, -0.2) is 36.4 Å². The van der Waals surface area contributed by atoms with Gasteiger partial charge in [0, 0.05) is 12.8 Å². The number of aliphatic hydroxyl groups is 1. The fourth-order valence-electron chi connectivity index (χ4n) is 5.76. The number of hydrogen-bond acceptors (Lipinski definition) is 5. The van der Waals surface area contributed by atoms with E-state index in [0.717, 1.165) is 122 Å². The number of rotatable bonds is 40. The Balaban J connectivity index is 3.67. The van der Waals surface area contributed by atoms with E-state index in [0.29, 0.717) is 12.8 Å². The van der Waals surface area contributed by atoms with Gasteiger partial charge in [-0.2, -0.15) is 0 Å². The summed E-state index contributed by atoms with van der Waals surface area (Å²) in [6, 6.07) is 0. The second-order valence-electron chi connectivity index (χ2n) is 14.7. The number of ether oxygens (including phenoxy) is 2. The lowest BCUT2D eigenvalue weighted by atomic mass is 10.1. The predicted molar refractivity (Wildman–Crippen MR) is 251 cm³/mol. The van der Waals surface area contributed by atoms with E-state index >= 15 is 0 Å². The van der Waals surface area contributed by atoms with E-state index in [1.165, 1.54) is 32.1 Å². The van der Waals surface area contributed by atoms with E-state index in [-0.39, 0.29) is 25.2 Å². The van der Waals surface area contributed by atoms with Gasteiger partial charge in [-0.25, -0.2) is 0 Å². The molecule has 0 radical (unpaired) electrons. The topological polar surface area (TPSA) is 72.8 Å². The van der Waals surface area contributed by atoms with Gasteiger partial charge in [-0.15, -0.1) is 0 Å². The van der Waals surface area contributed by atoms with Crippen LogP contribution in [0.3, 0.4) is 0 Å². The largest absolute Gasteiger partial charge is 0.462 e. The van der Waals surface area contributed by atoms with Crippen molar-refractivity contribution in [2.75, 3.05) is 13.2 Å². The van der Waals surface area contributed by atoms with Crippen molar-refractivity contribution in [3.05, 3.63) is 122 Å². The zero-order valence-electron chi connectivity index (χ0n) is 37.0. The first-order chi connectivity index (χ1) is 28.6. The summed E-state index contributed by atoms with van der Waals surface area (Å²) in [4.78, 5) is 24.3. The molecule has 0 aromatic heterocycles. The Morgan fingerprint density at radius 3 is 1.14 bits per heavy atom. The second-order valence-corrected chi connectivity index (χ2v) is 14.7. The van der Waals surface area contributed by atoms with Gasteiger partial charge >= 0.3 is 11.9 Å². The van der Waals surface area contributed by atoms with Gasteiger partial charge in [0.05, 0.1) is 6.61 Å². The molecule has 5 heteroatoms. The van der Waals surface area contributed by atoms with E-state index in [1.54, 1.807) is 0 Å². The maximum atomic E-state index is 12.2. The van der Waals surface area contributed by atoms with Crippen molar-refractivity contribution in [2.24, 2.45) is 0 Å². The minimum absolute atomic E-state index is 0.0858. The number of esters is 2. The van der Waals surface area contributed by atoms with Crippen LogP contribution in [0.4, 0.5) is 0 Å². The average Bonchev–Trinajstić information content (AvgIpc) is 3.23. The van der Waals surface area contributed by atoms with Crippen molar-refractivity contribution < 1.29 is 24.2 Å². The molecule has 0 fully saturated rings. The molecule has 58 heavy (non-hydrogen) atoms. The molecule has 0 bridgehead atoms. The zero-order valence-corrected chi connectivity index (χ0v) is 37.0. The summed E-state index contributed by atoms with van der Waals surface area (Å²) in [6.45, 7) is 3.94. The van der Waals surface area contributed by atoms with Gasteiger partial charge in [0.15, 0.2) is 6.10 Å². The highest BCUT2D eigenvalue weighted by molar-refractivity contribution is 5.70. The monoisotopic (exact) mass is 801 g/mol. The molecule has 1 unspecified atom stereocenters. The molecule has 1 N–H and O–H groups in total. The molecule has 0 aliphatic rings.